The fourth-order valence-electron chi connectivity index (χ4n) is 2.35. The van der Waals surface area contributed by atoms with Crippen molar-refractivity contribution in [2.24, 2.45) is 0 Å². The van der Waals surface area contributed by atoms with Crippen LogP contribution in [0.1, 0.15) is 32.1 Å². The van der Waals surface area contributed by atoms with Crippen LogP contribution in [-0.4, -0.2) is 30.3 Å². The lowest BCUT2D eigenvalue weighted by Gasteiger charge is -2.10. The predicted octanol–water partition coefficient (Wildman–Crippen LogP) is 1.77. The number of rotatable bonds is 5. The number of carbonyl (C=O) groups excluding carboxylic acids is 1. The normalized spacial score (nSPS) is 15.4. The number of nitrogens with two attached hydrogens (primary N) is 1. The minimum atomic E-state index is -3.15. The number of hydrogen-bond donors (Lipinski definition) is 2. The van der Waals surface area contributed by atoms with Crippen LogP contribution in [0.25, 0.3) is 0 Å². The Balaban J connectivity index is 0.00000220. The van der Waals surface area contributed by atoms with Crippen molar-refractivity contribution >= 4 is 39.7 Å². The van der Waals surface area contributed by atoms with E-state index >= 15 is 0 Å². The van der Waals surface area contributed by atoms with Gasteiger partial charge in [0.25, 0.3) is 0 Å². The van der Waals surface area contributed by atoms with E-state index in [1.54, 1.807) is 12.1 Å². The van der Waals surface area contributed by atoms with E-state index < -0.39 is 9.84 Å². The van der Waals surface area contributed by atoms with Crippen LogP contribution in [-0.2, 0) is 14.6 Å². The van der Waals surface area contributed by atoms with Gasteiger partial charge in [0.15, 0.2) is 9.84 Å². The lowest BCUT2D eigenvalue weighted by atomic mass is 10.3. The monoisotopic (exact) mass is 333 g/mol. The molecule has 0 atom stereocenters. The Labute approximate surface area is 130 Å². The van der Waals surface area contributed by atoms with E-state index in [4.69, 9.17) is 5.73 Å². The molecule has 0 aliphatic heterocycles. The van der Waals surface area contributed by atoms with Crippen molar-refractivity contribution < 1.29 is 13.2 Å². The molecule has 1 aliphatic rings. The van der Waals surface area contributed by atoms with E-state index in [2.05, 4.69) is 10.3 Å². The molecule has 3 N–H and O–H groups in total. The third kappa shape index (κ3) is 5.17. The van der Waals surface area contributed by atoms with Crippen LogP contribution in [0.3, 0.4) is 0 Å². The zero-order chi connectivity index (χ0) is 14.6. The number of amides is 1. The molecule has 118 valence electrons. The number of nitrogen functional groups attached to an aromatic ring is 1. The van der Waals surface area contributed by atoms with Crippen molar-refractivity contribution in [1.82, 2.24) is 4.98 Å². The summed E-state index contributed by atoms with van der Waals surface area (Å²) in [6, 6.07) is 3.20. The van der Waals surface area contributed by atoms with Crippen LogP contribution in [0, 0.1) is 0 Å². The first-order valence-electron chi connectivity index (χ1n) is 6.70. The van der Waals surface area contributed by atoms with Gasteiger partial charge in [-0.3, -0.25) is 4.79 Å². The molecule has 2 rings (SSSR count). The minimum Gasteiger partial charge on any atom is -0.384 e. The highest BCUT2D eigenvalue weighted by molar-refractivity contribution is 7.92. The highest BCUT2D eigenvalue weighted by Gasteiger charge is 2.28. The maximum Gasteiger partial charge on any atom is 0.225 e. The molecular formula is C13H20ClN3O3S. The summed E-state index contributed by atoms with van der Waals surface area (Å²) in [5.74, 6) is -0.0451. The molecule has 1 amide bonds. The zero-order valence-electron chi connectivity index (χ0n) is 11.6. The summed E-state index contributed by atoms with van der Waals surface area (Å²) in [4.78, 5) is 15.6. The standard InChI is InChI=1S/C13H19N3O3S.ClH/c14-12-6-5-10(9-15-12)16-13(17)7-8-20(18,19)11-3-1-2-4-11;/h5-6,9,11H,1-4,7-8H2,(H2,14,15)(H,16,17);1H. The Hall–Kier alpha value is -1.34. The number of carbonyl (C=O) groups is 1. The van der Waals surface area contributed by atoms with E-state index in [1.807, 2.05) is 0 Å². The van der Waals surface area contributed by atoms with Crippen LogP contribution in [0.4, 0.5) is 11.5 Å². The van der Waals surface area contributed by atoms with Gasteiger partial charge in [0.2, 0.25) is 5.91 Å². The van der Waals surface area contributed by atoms with Crippen molar-refractivity contribution in [3.8, 4) is 0 Å². The fourth-order valence-corrected chi connectivity index (χ4v) is 4.21. The summed E-state index contributed by atoms with van der Waals surface area (Å²) in [5.41, 5.74) is 5.96. The van der Waals surface area contributed by atoms with Crippen LogP contribution >= 0.6 is 12.4 Å². The van der Waals surface area contributed by atoms with Gasteiger partial charge in [-0.25, -0.2) is 13.4 Å². The molecule has 1 aliphatic carbocycles. The van der Waals surface area contributed by atoms with Crippen LogP contribution < -0.4 is 11.1 Å². The van der Waals surface area contributed by atoms with Crippen LogP contribution in [0.5, 0.6) is 0 Å². The Morgan fingerprint density at radius 1 is 1.33 bits per heavy atom. The number of nitrogens with one attached hydrogen (secondary N) is 1. The number of sulfone groups is 1. The molecule has 6 nitrogen and oxygen atoms in total. The topological polar surface area (TPSA) is 102 Å². The van der Waals surface area contributed by atoms with Crippen molar-refractivity contribution in [2.75, 3.05) is 16.8 Å². The average molecular weight is 334 g/mol. The molecule has 1 saturated carbocycles. The van der Waals surface area contributed by atoms with E-state index in [9.17, 15) is 13.2 Å². The third-order valence-electron chi connectivity index (χ3n) is 3.49. The van der Waals surface area contributed by atoms with Crippen molar-refractivity contribution in [3.05, 3.63) is 18.3 Å². The first-order chi connectivity index (χ1) is 9.47. The second kappa shape index (κ2) is 7.61. The van der Waals surface area contributed by atoms with Gasteiger partial charge < -0.3 is 11.1 Å². The maximum absolute atomic E-state index is 12.0. The van der Waals surface area contributed by atoms with Gasteiger partial charge in [0.1, 0.15) is 5.82 Å². The maximum atomic E-state index is 12.0. The molecule has 0 bridgehead atoms. The van der Waals surface area contributed by atoms with Crippen molar-refractivity contribution in [1.29, 1.82) is 0 Å². The second-order valence-corrected chi connectivity index (χ2v) is 7.44. The number of halogens is 1. The lowest BCUT2D eigenvalue weighted by Crippen LogP contribution is -2.24. The number of hydrogen-bond acceptors (Lipinski definition) is 5. The molecule has 0 unspecified atom stereocenters. The van der Waals surface area contributed by atoms with Gasteiger partial charge in [0.05, 0.1) is 22.9 Å². The van der Waals surface area contributed by atoms with E-state index in [0.717, 1.165) is 25.7 Å². The Kier molecular flexibility index (Phi) is 6.42. The number of pyridine rings is 1. The van der Waals surface area contributed by atoms with Gasteiger partial charge in [-0.15, -0.1) is 12.4 Å². The van der Waals surface area contributed by atoms with Crippen molar-refractivity contribution in [3.63, 3.8) is 0 Å². The molecule has 1 heterocycles. The summed E-state index contributed by atoms with van der Waals surface area (Å²) in [7, 11) is -3.15. The molecule has 0 aromatic carbocycles. The molecule has 1 fully saturated rings. The molecule has 0 spiro atoms. The largest absolute Gasteiger partial charge is 0.384 e. The second-order valence-electron chi connectivity index (χ2n) is 5.04. The average Bonchev–Trinajstić information content (AvgIpc) is 2.94. The fraction of sp³-hybridized carbons (Fsp3) is 0.538. The molecular weight excluding hydrogens is 314 g/mol. The van der Waals surface area contributed by atoms with Crippen LogP contribution in [0.15, 0.2) is 18.3 Å². The summed E-state index contributed by atoms with van der Waals surface area (Å²) < 4.78 is 24.1. The van der Waals surface area contributed by atoms with Crippen LogP contribution in [0.2, 0.25) is 0 Å². The molecule has 21 heavy (non-hydrogen) atoms. The van der Waals surface area contributed by atoms with Gasteiger partial charge in [-0.05, 0) is 25.0 Å². The quantitative estimate of drug-likeness (QED) is 0.855. The predicted molar refractivity (Wildman–Crippen MR) is 85.2 cm³/mol. The minimum absolute atomic E-state index is 0. The smallest absolute Gasteiger partial charge is 0.225 e. The molecule has 0 radical (unpaired) electrons. The molecule has 8 heteroatoms. The summed E-state index contributed by atoms with van der Waals surface area (Å²) in [6.07, 6.45) is 4.81. The summed E-state index contributed by atoms with van der Waals surface area (Å²) >= 11 is 0. The van der Waals surface area contributed by atoms with E-state index in [-0.39, 0.29) is 35.7 Å². The first kappa shape index (κ1) is 17.7. The summed E-state index contributed by atoms with van der Waals surface area (Å²) in [6.45, 7) is 0. The number of aromatic nitrogens is 1. The van der Waals surface area contributed by atoms with Gasteiger partial charge >= 0.3 is 0 Å². The Morgan fingerprint density at radius 3 is 2.57 bits per heavy atom. The van der Waals surface area contributed by atoms with Crippen molar-refractivity contribution in [2.45, 2.75) is 37.4 Å². The Morgan fingerprint density at radius 2 is 2.00 bits per heavy atom. The van der Waals surface area contributed by atoms with E-state index in [1.165, 1.54) is 6.20 Å². The summed E-state index contributed by atoms with van der Waals surface area (Å²) in [5, 5.41) is 2.35. The SMILES string of the molecule is Cl.Nc1ccc(NC(=O)CCS(=O)(=O)C2CCCC2)cn1. The molecule has 1 aromatic heterocycles. The molecule has 0 saturated heterocycles. The Bertz CT molecular complexity index is 569. The zero-order valence-corrected chi connectivity index (χ0v) is 13.3. The lowest BCUT2D eigenvalue weighted by molar-refractivity contribution is -0.115. The highest BCUT2D eigenvalue weighted by Crippen LogP contribution is 2.25. The van der Waals surface area contributed by atoms with Gasteiger partial charge in [-0.2, -0.15) is 0 Å². The number of nitrogens with zero attached hydrogens (tertiary/aromatic N) is 1. The number of anilines is 2. The van der Waals surface area contributed by atoms with Gasteiger partial charge in [-0.1, -0.05) is 12.8 Å². The first-order valence-corrected chi connectivity index (χ1v) is 8.42. The third-order valence-corrected chi connectivity index (χ3v) is 5.75. The highest BCUT2D eigenvalue weighted by atomic mass is 35.5. The molecule has 1 aromatic rings. The van der Waals surface area contributed by atoms with E-state index in [0.29, 0.717) is 11.5 Å². The van der Waals surface area contributed by atoms with Gasteiger partial charge in [0, 0.05) is 6.42 Å².